The molecule has 0 fully saturated rings. The van der Waals surface area contributed by atoms with Crippen molar-refractivity contribution in [3.63, 3.8) is 0 Å². The second-order valence-corrected chi connectivity index (χ2v) is 2.66. The van der Waals surface area contributed by atoms with Crippen molar-refractivity contribution in [2.45, 2.75) is 20.0 Å². The van der Waals surface area contributed by atoms with E-state index in [-0.39, 0.29) is 0 Å². The van der Waals surface area contributed by atoms with Gasteiger partial charge in [-0.15, -0.1) is 0 Å². The Morgan fingerprint density at radius 2 is 2.42 bits per heavy atom. The van der Waals surface area contributed by atoms with E-state index >= 15 is 0 Å². The molecule has 2 nitrogen and oxygen atoms in total. The quantitative estimate of drug-likeness (QED) is 0.470. The van der Waals surface area contributed by atoms with Crippen LogP contribution in [0.2, 0.25) is 0 Å². The van der Waals surface area contributed by atoms with E-state index in [1.165, 1.54) is 0 Å². The van der Waals surface area contributed by atoms with Crippen LogP contribution in [-0.4, -0.2) is 4.57 Å². The normalized spacial score (nSPS) is 10.8. The standard InChI is InChI=1S/C10H15N2/c1-3-5-7-12-9-8-11(10-12)6-4-2/h3-5,8-10H,2,6-7H2,1H3/q+1/b5-3+. The van der Waals surface area contributed by atoms with Gasteiger partial charge in [-0.2, -0.15) is 0 Å². The zero-order valence-corrected chi connectivity index (χ0v) is 7.48. The molecular weight excluding hydrogens is 148 g/mol. The lowest BCUT2D eigenvalue weighted by atomic mass is 10.5. The summed E-state index contributed by atoms with van der Waals surface area (Å²) >= 11 is 0. The third-order valence-electron chi connectivity index (χ3n) is 1.64. The third-order valence-corrected chi connectivity index (χ3v) is 1.64. The SMILES string of the molecule is C=CCn1cc[n+](C/C=C/C)c1. The van der Waals surface area contributed by atoms with Crippen molar-refractivity contribution in [3.05, 3.63) is 43.5 Å². The molecule has 0 bridgehead atoms. The number of allylic oxidation sites excluding steroid dienone is 3. The molecule has 0 spiro atoms. The van der Waals surface area contributed by atoms with Crippen LogP contribution in [0, 0.1) is 0 Å². The van der Waals surface area contributed by atoms with Crippen molar-refractivity contribution < 1.29 is 4.57 Å². The molecule has 1 rings (SSSR count). The Labute approximate surface area is 73.5 Å². The zero-order chi connectivity index (χ0) is 8.81. The second-order valence-electron chi connectivity index (χ2n) is 2.66. The molecule has 64 valence electrons. The van der Waals surface area contributed by atoms with Crippen molar-refractivity contribution in [3.8, 4) is 0 Å². The molecular formula is C10H15N2+. The number of nitrogens with zero attached hydrogens (tertiary/aromatic N) is 2. The summed E-state index contributed by atoms with van der Waals surface area (Å²) in [4.78, 5) is 0. The fourth-order valence-electron chi connectivity index (χ4n) is 1.03. The lowest BCUT2D eigenvalue weighted by Gasteiger charge is -1.87. The average molecular weight is 163 g/mol. The van der Waals surface area contributed by atoms with Gasteiger partial charge >= 0.3 is 0 Å². The van der Waals surface area contributed by atoms with Crippen LogP contribution in [0.4, 0.5) is 0 Å². The lowest BCUT2D eigenvalue weighted by molar-refractivity contribution is -0.686. The summed E-state index contributed by atoms with van der Waals surface area (Å²) in [5.74, 6) is 0. The van der Waals surface area contributed by atoms with E-state index in [1.54, 1.807) is 0 Å². The second kappa shape index (κ2) is 4.54. The van der Waals surface area contributed by atoms with E-state index in [4.69, 9.17) is 0 Å². The molecule has 0 radical (unpaired) electrons. The molecule has 0 atom stereocenters. The van der Waals surface area contributed by atoms with E-state index in [0.717, 1.165) is 13.1 Å². The van der Waals surface area contributed by atoms with Gasteiger partial charge in [0.25, 0.3) is 0 Å². The van der Waals surface area contributed by atoms with Gasteiger partial charge < -0.3 is 0 Å². The number of rotatable bonds is 4. The van der Waals surface area contributed by atoms with Crippen molar-refractivity contribution in [1.29, 1.82) is 0 Å². The molecule has 0 N–H and O–H groups in total. The van der Waals surface area contributed by atoms with Crippen LogP contribution in [0.15, 0.2) is 43.5 Å². The van der Waals surface area contributed by atoms with Crippen LogP contribution in [-0.2, 0) is 13.1 Å². The Morgan fingerprint density at radius 1 is 1.58 bits per heavy atom. The van der Waals surface area contributed by atoms with Crippen LogP contribution >= 0.6 is 0 Å². The Bertz CT molecular complexity index is 271. The van der Waals surface area contributed by atoms with E-state index < -0.39 is 0 Å². The largest absolute Gasteiger partial charge is 0.244 e. The summed E-state index contributed by atoms with van der Waals surface area (Å²) in [7, 11) is 0. The van der Waals surface area contributed by atoms with Gasteiger partial charge in [0.05, 0.1) is 0 Å². The molecule has 0 aliphatic heterocycles. The van der Waals surface area contributed by atoms with Crippen LogP contribution < -0.4 is 4.57 Å². The maximum atomic E-state index is 3.68. The Hall–Kier alpha value is -1.31. The highest BCUT2D eigenvalue weighted by molar-refractivity contribution is 4.76. The van der Waals surface area contributed by atoms with Gasteiger partial charge in [0.15, 0.2) is 0 Å². The molecule has 0 saturated heterocycles. The number of aromatic nitrogens is 2. The topological polar surface area (TPSA) is 8.81 Å². The van der Waals surface area contributed by atoms with Crippen molar-refractivity contribution in [2.75, 3.05) is 0 Å². The molecule has 0 aromatic carbocycles. The van der Waals surface area contributed by atoms with E-state index in [0.29, 0.717) is 0 Å². The molecule has 0 amide bonds. The van der Waals surface area contributed by atoms with Crippen molar-refractivity contribution >= 4 is 0 Å². The van der Waals surface area contributed by atoms with Gasteiger partial charge in [0.1, 0.15) is 25.5 Å². The molecule has 0 unspecified atom stereocenters. The molecule has 0 aliphatic carbocycles. The summed E-state index contributed by atoms with van der Waals surface area (Å²) in [6.07, 6.45) is 12.2. The van der Waals surface area contributed by atoms with Gasteiger partial charge in [-0.25, -0.2) is 9.13 Å². The fourth-order valence-corrected chi connectivity index (χ4v) is 1.03. The molecule has 0 aliphatic rings. The Balaban J connectivity index is 2.57. The molecule has 0 saturated carbocycles. The maximum Gasteiger partial charge on any atom is 0.244 e. The summed E-state index contributed by atoms with van der Waals surface area (Å²) < 4.78 is 4.22. The minimum atomic E-state index is 0.878. The fraction of sp³-hybridized carbons (Fsp3) is 0.300. The first-order valence-electron chi connectivity index (χ1n) is 4.13. The molecule has 1 aromatic rings. The van der Waals surface area contributed by atoms with E-state index in [2.05, 4.69) is 40.4 Å². The van der Waals surface area contributed by atoms with E-state index in [1.807, 2.05) is 19.2 Å². The average Bonchev–Trinajstić information content (AvgIpc) is 2.50. The number of hydrogen-bond donors (Lipinski definition) is 0. The third kappa shape index (κ3) is 2.38. The minimum absolute atomic E-state index is 0.878. The number of hydrogen-bond acceptors (Lipinski definition) is 0. The first-order chi connectivity index (χ1) is 5.86. The number of imidazole rings is 1. The molecule has 2 heteroatoms. The Morgan fingerprint density at radius 3 is 3.08 bits per heavy atom. The first kappa shape index (κ1) is 8.78. The van der Waals surface area contributed by atoms with Gasteiger partial charge in [0, 0.05) is 0 Å². The maximum absolute atomic E-state index is 3.68. The minimum Gasteiger partial charge on any atom is -0.233 e. The van der Waals surface area contributed by atoms with Gasteiger partial charge in [-0.3, -0.25) is 0 Å². The van der Waals surface area contributed by atoms with Crippen LogP contribution in [0.5, 0.6) is 0 Å². The zero-order valence-electron chi connectivity index (χ0n) is 7.48. The van der Waals surface area contributed by atoms with Crippen LogP contribution in [0.1, 0.15) is 6.92 Å². The Kier molecular flexibility index (Phi) is 3.33. The van der Waals surface area contributed by atoms with E-state index in [9.17, 15) is 0 Å². The lowest BCUT2D eigenvalue weighted by Crippen LogP contribution is -2.29. The highest BCUT2D eigenvalue weighted by Crippen LogP contribution is 1.84. The summed E-state index contributed by atoms with van der Waals surface area (Å²) in [6.45, 7) is 7.54. The summed E-state index contributed by atoms with van der Waals surface area (Å²) in [5, 5.41) is 0. The van der Waals surface area contributed by atoms with Crippen LogP contribution in [0.3, 0.4) is 0 Å². The molecule has 1 aromatic heterocycles. The highest BCUT2D eigenvalue weighted by atomic mass is 15.1. The monoisotopic (exact) mass is 163 g/mol. The van der Waals surface area contributed by atoms with Crippen molar-refractivity contribution in [1.82, 2.24) is 4.57 Å². The molecule has 1 heterocycles. The van der Waals surface area contributed by atoms with Crippen LogP contribution in [0.25, 0.3) is 0 Å². The summed E-state index contributed by atoms with van der Waals surface area (Å²) in [5.41, 5.74) is 0. The van der Waals surface area contributed by atoms with Gasteiger partial charge in [0.2, 0.25) is 6.33 Å². The van der Waals surface area contributed by atoms with Gasteiger partial charge in [-0.05, 0) is 13.0 Å². The predicted molar refractivity (Wildman–Crippen MR) is 49.6 cm³/mol. The summed E-state index contributed by atoms with van der Waals surface area (Å²) in [6, 6.07) is 0. The van der Waals surface area contributed by atoms with Gasteiger partial charge in [-0.1, -0.05) is 18.7 Å². The first-order valence-corrected chi connectivity index (χ1v) is 4.13. The smallest absolute Gasteiger partial charge is 0.233 e. The highest BCUT2D eigenvalue weighted by Gasteiger charge is 1.98. The molecule has 12 heavy (non-hydrogen) atoms. The van der Waals surface area contributed by atoms with Crippen molar-refractivity contribution in [2.24, 2.45) is 0 Å². The predicted octanol–water partition coefficient (Wildman–Crippen LogP) is 1.54.